The van der Waals surface area contributed by atoms with E-state index in [9.17, 15) is 0 Å². The molecule has 0 unspecified atom stereocenters. The molecule has 24 heavy (non-hydrogen) atoms. The van der Waals surface area contributed by atoms with Crippen LogP contribution < -0.4 is 15.2 Å². The summed E-state index contributed by atoms with van der Waals surface area (Å²) in [7, 11) is 0. The van der Waals surface area contributed by atoms with Crippen LogP contribution in [0.25, 0.3) is 0 Å². The standard InChI is InChI=1S/C20H32N2O2/c1-15(2)11-22(12-17-5-3-16(10-21)4-6-17)13-18-7-8-19-20(9-18)24-14-23-19/h7-9,15-17H,3-6,10-14,21H2,1-2H3. The monoisotopic (exact) mass is 332 g/mol. The Morgan fingerprint density at radius 1 is 1.08 bits per heavy atom. The zero-order valence-corrected chi connectivity index (χ0v) is 15.2. The van der Waals surface area contributed by atoms with Gasteiger partial charge in [-0.15, -0.1) is 0 Å². The zero-order chi connectivity index (χ0) is 16.9. The van der Waals surface area contributed by atoms with Crippen molar-refractivity contribution in [3.63, 3.8) is 0 Å². The lowest BCUT2D eigenvalue weighted by Gasteiger charge is -2.33. The Morgan fingerprint density at radius 2 is 1.79 bits per heavy atom. The molecule has 0 aromatic heterocycles. The molecule has 1 heterocycles. The molecular formula is C20H32N2O2. The number of benzene rings is 1. The van der Waals surface area contributed by atoms with Gasteiger partial charge in [-0.25, -0.2) is 0 Å². The normalized spacial score (nSPS) is 23.2. The third-order valence-electron chi connectivity index (χ3n) is 5.28. The quantitative estimate of drug-likeness (QED) is 0.828. The van der Waals surface area contributed by atoms with Crippen LogP contribution in [0.1, 0.15) is 45.1 Å². The molecule has 2 aliphatic rings. The number of ether oxygens (including phenoxy) is 2. The van der Waals surface area contributed by atoms with Crippen molar-refractivity contribution in [2.24, 2.45) is 23.5 Å². The molecule has 0 radical (unpaired) electrons. The van der Waals surface area contributed by atoms with Crippen LogP contribution in [-0.4, -0.2) is 31.3 Å². The fourth-order valence-electron chi connectivity index (χ4n) is 4.03. The molecule has 0 atom stereocenters. The number of nitrogens with zero attached hydrogens (tertiary/aromatic N) is 1. The van der Waals surface area contributed by atoms with Gasteiger partial charge in [0.2, 0.25) is 6.79 Å². The minimum absolute atomic E-state index is 0.346. The molecule has 0 spiro atoms. The summed E-state index contributed by atoms with van der Waals surface area (Å²) in [4.78, 5) is 2.62. The fourth-order valence-corrected chi connectivity index (χ4v) is 4.03. The average molecular weight is 332 g/mol. The van der Waals surface area contributed by atoms with Gasteiger partial charge in [-0.05, 0) is 67.7 Å². The molecule has 1 aliphatic carbocycles. The van der Waals surface area contributed by atoms with Gasteiger partial charge in [0.15, 0.2) is 11.5 Å². The molecule has 1 saturated carbocycles. The molecule has 0 bridgehead atoms. The van der Waals surface area contributed by atoms with Crippen molar-refractivity contribution in [3.8, 4) is 11.5 Å². The van der Waals surface area contributed by atoms with Gasteiger partial charge in [0.1, 0.15) is 0 Å². The van der Waals surface area contributed by atoms with Crippen LogP contribution >= 0.6 is 0 Å². The van der Waals surface area contributed by atoms with Crippen molar-refractivity contribution in [2.45, 2.75) is 46.1 Å². The first-order valence-electron chi connectivity index (χ1n) is 9.45. The lowest BCUT2D eigenvalue weighted by atomic mass is 9.81. The first kappa shape index (κ1) is 17.6. The summed E-state index contributed by atoms with van der Waals surface area (Å²) < 4.78 is 10.9. The second kappa shape index (κ2) is 8.21. The van der Waals surface area contributed by atoms with Gasteiger partial charge < -0.3 is 15.2 Å². The van der Waals surface area contributed by atoms with Crippen LogP contribution in [0.3, 0.4) is 0 Å². The topological polar surface area (TPSA) is 47.7 Å². The minimum Gasteiger partial charge on any atom is -0.454 e. The summed E-state index contributed by atoms with van der Waals surface area (Å²) in [5.74, 6) is 4.02. The van der Waals surface area contributed by atoms with Gasteiger partial charge in [0.25, 0.3) is 0 Å². The summed E-state index contributed by atoms with van der Waals surface area (Å²) in [6.45, 7) is 9.15. The van der Waals surface area contributed by atoms with Crippen LogP contribution in [-0.2, 0) is 6.54 Å². The number of nitrogens with two attached hydrogens (primary N) is 1. The molecule has 4 nitrogen and oxygen atoms in total. The van der Waals surface area contributed by atoms with E-state index in [0.717, 1.165) is 43.0 Å². The third kappa shape index (κ3) is 4.64. The Balaban J connectivity index is 1.59. The number of hydrogen-bond donors (Lipinski definition) is 1. The number of fused-ring (bicyclic) bond motifs is 1. The highest BCUT2D eigenvalue weighted by Gasteiger charge is 2.23. The Hall–Kier alpha value is -1.26. The number of hydrogen-bond acceptors (Lipinski definition) is 4. The van der Waals surface area contributed by atoms with Crippen molar-refractivity contribution in [1.29, 1.82) is 0 Å². The molecular weight excluding hydrogens is 300 g/mol. The molecule has 4 heteroatoms. The lowest BCUT2D eigenvalue weighted by Crippen LogP contribution is -2.34. The van der Waals surface area contributed by atoms with Gasteiger partial charge in [0, 0.05) is 19.6 Å². The van der Waals surface area contributed by atoms with Crippen LogP contribution in [0.15, 0.2) is 18.2 Å². The molecule has 0 saturated heterocycles. The molecule has 134 valence electrons. The predicted molar refractivity (Wildman–Crippen MR) is 97.2 cm³/mol. The smallest absolute Gasteiger partial charge is 0.231 e. The number of rotatable bonds is 7. The molecule has 0 amide bonds. The van der Waals surface area contributed by atoms with Crippen LogP contribution in [0.4, 0.5) is 0 Å². The maximum atomic E-state index is 5.83. The maximum Gasteiger partial charge on any atom is 0.231 e. The summed E-state index contributed by atoms with van der Waals surface area (Å²) in [5, 5.41) is 0. The van der Waals surface area contributed by atoms with Crippen molar-refractivity contribution in [3.05, 3.63) is 23.8 Å². The maximum absolute atomic E-state index is 5.83. The SMILES string of the molecule is CC(C)CN(Cc1ccc2c(c1)OCO2)CC1CCC(CN)CC1. The van der Waals surface area contributed by atoms with Crippen molar-refractivity contribution < 1.29 is 9.47 Å². The van der Waals surface area contributed by atoms with E-state index in [0.29, 0.717) is 12.7 Å². The van der Waals surface area contributed by atoms with E-state index in [-0.39, 0.29) is 0 Å². The van der Waals surface area contributed by atoms with Crippen molar-refractivity contribution in [1.82, 2.24) is 4.90 Å². The highest BCUT2D eigenvalue weighted by molar-refractivity contribution is 5.44. The van der Waals surface area contributed by atoms with Crippen LogP contribution in [0, 0.1) is 17.8 Å². The Bertz CT molecular complexity index is 524. The van der Waals surface area contributed by atoms with Gasteiger partial charge >= 0.3 is 0 Å². The zero-order valence-electron chi connectivity index (χ0n) is 15.2. The third-order valence-corrected chi connectivity index (χ3v) is 5.28. The molecule has 1 aliphatic heterocycles. The van der Waals surface area contributed by atoms with E-state index in [2.05, 4.69) is 30.9 Å². The van der Waals surface area contributed by atoms with Gasteiger partial charge in [0.05, 0.1) is 0 Å². The lowest BCUT2D eigenvalue weighted by molar-refractivity contribution is 0.162. The summed E-state index contributed by atoms with van der Waals surface area (Å²) in [6.07, 6.45) is 5.27. The van der Waals surface area contributed by atoms with E-state index in [4.69, 9.17) is 15.2 Å². The molecule has 1 aromatic rings. The Labute approximate surface area is 146 Å². The highest BCUT2D eigenvalue weighted by Crippen LogP contribution is 2.33. The second-order valence-corrected chi connectivity index (χ2v) is 7.90. The van der Waals surface area contributed by atoms with Crippen molar-refractivity contribution in [2.75, 3.05) is 26.4 Å². The Morgan fingerprint density at radius 3 is 2.50 bits per heavy atom. The average Bonchev–Trinajstić information content (AvgIpc) is 3.02. The molecule has 1 fully saturated rings. The first-order valence-corrected chi connectivity index (χ1v) is 9.45. The largest absolute Gasteiger partial charge is 0.454 e. The molecule has 3 rings (SSSR count). The minimum atomic E-state index is 0.346. The second-order valence-electron chi connectivity index (χ2n) is 7.90. The van der Waals surface area contributed by atoms with E-state index < -0.39 is 0 Å². The van der Waals surface area contributed by atoms with E-state index in [1.165, 1.54) is 37.8 Å². The van der Waals surface area contributed by atoms with Crippen LogP contribution in [0.2, 0.25) is 0 Å². The molecule has 1 aromatic carbocycles. The Kier molecular flexibility index (Phi) is 6.01. The van der Waals surface area contributed by atoms with E-state index in [1.807, 2.05) is 6.07 Å². The summed E-state index contributed by atoms with van der Waals surface area (Å²) in [5.41, 5.74) is 7.15. The van der Waals surface area contributed by atoms with Gasteiger partial charge in [-0.2, -0.15) is 0 Å². The van der Waals surface area contributed by atoms with E-state index >= 15 is 0 Å². The first-order chi connectivity index (χ1) is 11.6. The van der Waals surface area contributed by atoms with E-state index in [1.54, 1.807) is 0 Å². The molecule has 2 N–H and O–H groups in total. The van der Waals surface area contributed by atoms with Gasteiger partial charge in [-0.3, -0.25) is 4.90 Å². The van der Waals surface area contributed by atoms with Crippen LogP contribution in [0.5, 0.6) is 11.5 Å². The predicted octanol–water partition coefficient (Wildman–Crippen LogP) is 3.64. The summed E-state index contributed by atoms with van der Waals surface area (Å²) >= 11 is 0. The van der Waals surface area contributed by atoms with Gasteiger partial charge in [-0.1, -0.05) is 19.9 Å². The summed E-state index contributed by atoms with van der Waals surface area (Å²) in [6, 6.07) is 6.35. The highest BCUT2D eigenvalue weighted by atomic mass is 16.7. The van der Waals surface area contributed by atoms with Crippen molar-refractivity contribution >= 4 is 0 Å². The fraction of sp³-hybridized carbons (Fsp3) is 0.700.